The van der Waals surface area contributed by atoms with Crippen LogP contribution in [-0.2, 0) is 6.54 Å². The fourth-order valence-electron chi connectivity index (χ4n) is 3.35. The average Bonchev–Trinajstić information content (AvgIpc) is 2.85. The maximum atomic E-state index is 13.0. The molecule has 0 bridgehead atoms. The van der Waals surface area contributed by atoms with Gasteiger partial charge < -0.3 is 0 Å². The summed E-state index contributed by atoms with van der Waals surface area (Å²) >= 11 is 0. The second-order valence-electron chi connectivity index (χ2n) is 5.99. The van der Waals surface area contributed by atoms with E-state index in [1.807, 2.05) is 31.8 Å². The first-order valence-corrected chi connectivity index (χ1v) is 7.25. The average molecular weight is 263 g/mol. The number of aryl methyl sites for hydroxylation is 1. The molecule has 2 unspecified atom stereocenters. The van der Waals surface area contributed by atoms with Crippen molar-refractivity contribution in [3.63, 3.8) is 0 Å². The summed E-state index contributed by atoms with van der Waals surface area (Å²) in [5.41, 5.74) is 0.412. The molecule has 0 N–H and O–H groups in total. The van der Waals surface area contributed by atoms with Gasteiger partial charge in [-0.25, -0.2) is 0 Å². The molecule has 1 heterocycles. The van der Waals surface area contributed by atoms with Crippen LogP contribution in [0.1, 0.15) is 50.0 Å². The number of carbonyl (C=O) groups is 1. The zero-order valence-corrected chi connectivity index (χ0v) is 12.5. The number of carbonyl (C=O) groups excluding carboxylic acids is 1. The standard InChI is InChI=1S/C15H25N3O/c1-5-18-13(8-10-16-18)14(19)15(17(3)4)9-6-7-12(2)11-15/h8,10,12H,5-7,9,11H2,1-4H3. The van der Waals surface area contributed by atoms with Gasteiger partial charge >= 0.3 is 0 Å². The van der Waals surface area contributed by atoms with Gasteiger partial charge in [0, 0.05) is 12.7 Å². The van der Waals surface area contributed by atoms with Crippen molar-refractivity contribution in [2.75, 3.05) is 14.1 Å². The van der Waals surface area contributed by atoms with Gasteiger partial charge in [0.05, 0.1) is 5.54 Å². The lowest BCUT2D eigenvalue weighted by Crippen LogP contribution is -2.54. The number of rotatable bonds is 4. The van der Waals surface area contributed by atoms with E-state index in [0.29, 0.717) is 5.92 Å². The van der Waals surface area contributed by atoms with E-state index >= 15 is 0 Å². The third-order valence-corrected chi connectivity index (χ3v) is 4.50. The zero-order valence-electron chi connectivity index (χ0n) is 12.5. The number of likely N-dealkylation sites (N-methyl/N-ethyl adjacent to an activating group) is 1. The Kier molecular flexibility index (Phi) is 4.09. The van der Waals surface area contributed by atoms with Crippen LogP contribution in [0.5, 0.6) is 0 Å². The maximum absolute atomic E-state index is 13.0. The summed E-state index contributed by atoms with van der Waals surface area (Å²) in [6.45, 7) is 5.02. The summed E-state index contributed by atoms with van der Waals surface area (Å²) in [7, 11) is 4.06. The van der Waals surface area contributed by atoms with Crippen LogP contribution in [0, 0.1) is 5.92 Å². The van der Waals surface area contributed by atoms with Crippen LogP contribution in [0.2, 0.25) is 0 Å². The van der Waals surface area contributed by atoms with Crippen LogP contribution in [0.4, 0.5) is 0 Å². The first-order chi connectivity index (χ1) is 9.01. The normalized spacial score (nSPS) is 27.7. The smallest absolute Gasteiger partial charge is 0.201 e. The summed E-state index contributed by atoms with van der Waals surface area (Å²) in [4.78, 5) is 15.2. The van der Waals surface area contributed by atoms with Crippen molar-refractivity contribution in [2.45, 2.75) is 51.6 Å². The molecule has 1 aromatic heterocycles. The number of Topliss-reactive ketones (excluding diaryl/α,β-unsaturated/α-hetero) is 1. The monoisotopic (exact) mass is 263 g/mol. The molecule has 4 nitrogen and oxygen atoms in total. The first-order valence-electron chi connectivity index (χ1n) is 7.25. The van der Waals surface area contributed by atoms with Gasteiger partial charge in [0.1, 0.15) is 5.69 Å². The highest BCUT2D eigenvalue weighted by Gasteiger charge is 2.44. The molecule has 0 radical (unpaired) electrons. The van der Waals surface area contributed by atoms with Crippen LogP contribution in [0.25, 0.3) is 0 Å². The van der Waals surface area contributed by atoms with E-state index in [1.54, 1.807) is 6.20 Å². The fourth-order valence-corrected chi connectivity index (χ4v) is 3.35. The molecule has 1 aromatic rings. The van der Waals surface area contributed by atoms with Crippen molar-refractivity contribution in [1.82, 2.24) is 14.7 Å². The zero-order chi connectivity index (χ0) is 14.0. The molecule has 19 heavy (non-hydrogen) atoms. The molecule has 0 spiro atoms. The SMILES string of the molecule is CCn1nccc1C(=O)C1(N(C)C)CCCC(C)C1. The largest absolute Gasteiger partial charge is 0.297 e. The lowest BCUT2D eigenvalue weighted by molar-refractivity contribution is 0.0475. The van der Waals surface area contributed by atoms with Gasteiger partial charge in [-0.05, 0) is 45.8 Å². The lowest BCUT2D eigenvalue weighted by Gasteiger charge is -2.43. The number of hydrogen-bond donors (Lipinski definition) is 0. The van der Waals surface area contributed by atoms with Gasteiger partial charge in [-0.2, -0.15) is 5.10 Å². The molecule has 106 valence electrons. The summed E-state index contributed by atoms with van der Waals surface area (Å²) in [5, 5.41) is 4.24. The Morgan fingerprint density at radius 1 is 1.58 bits per heavy atom. The molecule has 4 heteroatoms. The summed E-state index contributed by atoms with van der Waals surface area (Å²) in [6.07, 6.45) is 6.00. The minimum atomic E-state index is -0.343. The van der Waals surface area contributed by atoms with Gasteiger partial charge in [0.15, 0.2) is 0 Å². The summed E-state index contributed by atoms with van der Waals surface area (Å²) < 4.78 is 1.81. The summed E-state index contributed by atoms with van der Waals surface area (Å²) in [6, 6.07) is 1.86. The molecule has 1 aliphatic rings. The van der Waals surface area contributed by atoms with Crippen molar-refractivity contribution in [3.8, 4) is 0 Å². The quantitative estimate of drug-likeness (QED) is 0.784. The van der Waals surface area contributed by atoms with E-state index in [1.165, 1.54) is 6.42 Å². The topological polar surface area (TPSA) is 38.1 Å². The Morgan fingerprint density at radius 3 is 2.89 bits per heavy atom. The minimum Gasteiger partial charge on any atom is -0.297 e. The van der Waals surface area contributed by atoms with Gasteiger partial charge in [0.25, 0.3) is 0 Å². The Hall–Kier alpha value is -1.16. The Labute approximate surface area is 115 Å². The second kappa shape index (κ2) is 5.45. The molecule has 2 atom stereocenters. The number of hydrogen-bond acceptors (Lipinski definition) is 3. The number of ketones is 1. The molecule has 1 aliphatic carbocycles. The molecule has 1 saturated carbocycles. The van der Waals surface area contributed by atoms with E-state index < -0.39 is 0 Å². The Bertz CT molecular complexity index is 452. The van der Waals surface area contributed by atoms with Gasteiger partial charge in [-0.1, -0.05) is 19.8 Å². The molecule has 2 rings (SSSR count). The predicted molar refractivity (Wildman–Crippen MR) is 76.3 cm³/mol. The van der Waals surface area contributed by atoms with E-state index in [4.69, 9.17) is 0 Å². The Morgan fingerprint density at radius 2 is 2.32 bits per heavy atom. The predicted octanol–water partition coefficient (Wildman–Crippen LogP) is 2.60. The molecule has 0 aromatic carbocycles. The van der Waals surface area contributed by atoms with Gasteiger partial charge in [0.2, 0.25) is 5.78 Å². The Balaban J connectivity index is 2.37. The van der Waals surface area contributed by atoms with Crippen molar-refractivity contribution in [2.24, 2.45) is 5.92 Å². The second-order valence-corrected chi connectivity index (χ2v) is 5.99. The van der Waals surface area contributed by atoms with Crippen molar-refractivity contribution in [3.05, 3.63) is 18.0 Å². The molecule has 1 fully saturated rings. The molecular weight excluding hydrogens is 238 g/mol. The van der Waals surface area contributed by atoms with E-state index in [-0.39, 0.29) is 11.3 Å². The van der Waals surface area contributed by atoms with E-state index in [2.05, 4.69) is 16.9 Å². The lowest BCUT2D eigenvalue weighted by atomic mass is 9.72. The number of nitrogens with zero attached hydrogens (tertiary/aromatic N) is 3. The van der Waals surface area contributed by atoms with Crippen LogP contribution in [-0.4, -0.2) is 40.1 Å². The highest BCUT2D eigenvalue weighted by Crippen LogP contribution is 2.38. The van der Waals surface area contributed by atoms with E-state index in [0.717, 1.165) is 31.5 Å². The van der Waals surface area contributed by atoms with Crippen LogP contribution < -0.4 is 0 Å². The highest BCUT2D eigenvalue weighted by atomic mass is 16.1. The van der Waals surface area contributed by atoms with Crippen LogP contribution >= 0.6 is 0 Å². The summed E-state index contributed by atoms with van der Waals surface area (Å²) in [5.74, 6) is 0.849. The number of aromatic nitrogens is 2. The van der Waals surface area contributed by atoms with Gasteiger partial charge in [-0.15, -0.1) is 0 Å². The van der Waals surface area contributed by atoms with Crippen LogP contribution in [0.3, 0.4) is 0 Å². The third kappa shape index (κ3) is 2.46. The maximum Gasteiger partial charge on any atom is 0.201 e. The molecular formula is C15H25N3O. The highest BCUT2D eigenvalue weighted by molar-refractivity contribution is 6.02. The fraction of sp³-hybridized carbons (Fsp3) is 0.733. The van der Waals surface area contributed by atoms with Crippen molar-refractivity contribution >= 4 is 5.78 Å². The minimum absolute atomic E-state index is 0.239. The van der Waals surface area contributed by atoms with E-state index in [9.17, 15) is 4.79 Å². The van der Waals surface area contributed by atoms with Gasteiger partial charge in [-0.3, -0.25) is 14.4 Å². The van der Waals surface area contributed by atoms with Crippen molar-refractivity contribution in [1.29, 1.82) is 0 Å². The van der Waals surface area contributed by atoms with Crippen molar-refractivity contribution < 1.29 is 4.79 Å². The third-order valence-electron chi connectivity index (χ3n) is 4.50. The van der Waals surface area contributed by atoms with Crippen LogP contribution in [0.15, 0.2) is 12.3 Å². The molecule has 0 amide bonds. The molecule has 0 saturated heterocycles. The first kappa shape index (κ1) is 14.3. The molecule has 0 aliphatic heterocycles.